The van der Waals surface area contributed by atoms with E-state index < -0.39 is 12.6 Å². The van der Waals surface area contributed by atoms with E-state index in [4.69, 9.17) is 19.7 Å². The van der Waals surface area contributed by atoms with Gasteiger partial charge >= 0.3 is 0 Å². The average molecular weight is 459 g/mol. The van der Waals surface area contributed by atoms with Crippen LogP contribution in [-0.2, 0) is 9.47 Å². The van der Waals surface area contributed by atoms with Crippen LogP contribution in [0.25, 0.3) is 0 Å². The zero-order valence-electron chi connectivity index (χ0n) is 10.8. The first-order valence-corrected chi connectivity index (χ1v) is 6.32. The van der Waals surface area contributed by atoms with Crippen molar-refractivity contribution in [1.29, 1.82) is 0 Å². The maximum atomic E-state index is 8.81. The molecule has 0 saturated carbocycles. The van der Waals surface area contributed by atoms with E-state index >= 15 is 0 Å². The van der Waals surface area contributed by atoms with Gasteiger partial charge < -0.3 is 19.7 Å². The van der Waals surface area contributed by atoms with E-state index in [-0.39, 0.29) is 44.1 Å². The number of rotatable bonds is 2. The number of aliphatic hydroxyl groups excluding tert-OH is 2. The molecule has 0 amide bonds. The van der Waals surface area contributed by atoms with Crippen LogP contribution in [0, 0.1) is 44.1 Å². The summed E-state index contributed by atoms with van der Waals surface area (Å²) in [6.45, 7) is 4.14. The van der Waals surface area contributed by atoms with Gasteiger partial charge in [0.2, 0.25) is 0 Å². The smallest absolute Gasteiger partial charge is 0.154 e. The van der Waals surface area contributed by atoms with Crippen LogP contribution in [0.4, 0.5) is 0 Å². The molecule has 0 aromatic carbocycles. The van der Waals surface area contributed by atoms with E-state index in [2.05, 4.69) is 13.8 Å². The monoisotopic (exact) mass is 459 g/mol. The molecule has 4 atom stereocenters. The Labute approximate surface area is 140 Å². The van der Waals surface area contributed by atoms with Crippen LogP contribution < -0.4 is 0 Å². The maximum Gasteiger partial charge on any atom is 0.154 e. The Morgan fingerprint density at radius 2 is 1.18 bits per heavy atom. The molecule has 0 aromatic rings. The van der Waals surface area contributed by atoms with E-state index in [0.717, 1.165) is 38.5 Å². The van der Waals surface area contributed by atoms with Crippen LogP contribution >= 0.6 is 0 Å². The van der Waals surface area contributed by atoms with Crippen molar-refractivity contribution >= 4 is 0 Å². The van der Waals surface area contributed by atoms with Crippen molar-refractivity contribution in [2.45, 2.75) is 77.2 Å². The van der Waals surface area contributed by atoms with Gasteiger partial charge in [-0.3, -0.25) is 0 Å². The second-order valence-electron chi connectivity index (χ2n) is 4.40. The number of hydrogen-bond acceptors (Lipinski definition) is 4. The van der Waals surface area contributed by atoms with E-state index in [1.165, 1.54) is 0 Å². The van der Waals surface area contributed by atoms with Gasteiger partial charge in [0.25, 0.3) is 0 Å². The summed E-state index contributed by atoms with van der Waals surface area (Å²) in [5, 5.41) is 17.6. The molecule has 0 aliphatic carbocycles. The summed E-state index contributed by atoms with van der Waals surface area (Å²) < 4.78 is 10.1. The predicted octanol–water partition coefficient (Wildman–Crippen LogP) is 1.79. The van der Waals surface area contributed by atoms with Gasteiger partial charge in [-0.15, -0.1) is 0 Å². The van der Waals surface area contributed by atoms with Gasteiger partial charge in [0, 0.05) is 56.9 Å². The predicted molar refractivity (Wildman–Crippen MR) is 60.8 cm³/mol. The Bertz CT molecular complexity index is 171. The third-order valence-electron chi connectivity index (χ3n) is 3.08. The van der Waals surface area contributed by atoms with E-state index in [9.17, 15) is 0 Å². The molecule has 2 rings (SSSR count). The minimum absolute atomic E-state index is 0. The van der Waals surface area contributed by atoms with Crippen LogP contribution in [0.3, 0.4) is 0 Å². The second kappa shape index (κ2) is 10.1. The van der Waals surface area contributed by atoms with Crippen LogP contribution in [0.5, 0.6) is 0 Å². The molecule has 5 heteroatoms. The van der Waals surface area contributed by atoms with Crippen molar-refractivity contribution in [3.05, 3.63) is 0 Å². The molecule has 4 nitrogen and oxygen atoms in total. The first kappa shape index (κ1) is 18.3. The topological polar surface area (TPSA) is 58.9 Å². The summed E-state index contributed by atoms with van der Waals surface area (Å²) in [6.07, 6.45) is 5.44. The van der Waals surface area contributed by atoms with E-state index in [0.29, 0.717) is 12.2 Å². The minimum atomic E-state index is -0.472. The Kier molecular flexibility index (Phi) is 10.9. The van der Waals surface area contributed by atoms with Crippen molar-refractivity contribution in [3.63, 3.8) is 0 Å². The van der Waals surface area contributed by atoms with Crippen molar-refractivity contribution in [3.8, 4) is 0 Å². The zero-order chi connectivity index (χ0) is 12.0. The Hall–Kier alpha value is 1.28. The number of ether oxygens (including phenoxy) is 2. The summed E-state index contributed by atoms with van der Waals surface area (Å²) in [5.74, 6) is 0. The second-order valence-corrected chi connectivity index (χ2v) is 4.40. The Morgan fingerprint density at radius 3 is 1.29 bits per heavy atom. The third kappa shape index (κ3) is 7.45. The van der Waals surface area contributed by atoms with Gasteiger partial charge in [-0.05, 0) is 25.7 Å². The molecule has 2 aliphatic heterocycles. The summed E-state index contributed by atoms with van der Waals surface area (Å²) in [6, 6.07) is 0. The summed E-state index contributed by atoms with van der Waals surface area (Å²) in [5.41, 5.74) is 0. The first-order chi connectivity index (χ1) is 7.65. The van der Waals surface area contributed by atoms with Crippen molar-refractivity contribution in [2.24, 2.45) is 0 Å². The molecule has 0 spiro atoms. The van der Waals surface area contributed by atoms with Gasteiger partial charge in [-0.1, -0.05) is 13.8 Å². The molecule has 2 fully saturated rings. The SMILES string of the molecule is CCC1CCC(O)O1.CCC1CCC(O)O1.[Ac]. The summed E-state index contributed by atoms with van der Waals surface area (Å²) in [4.78, 5) is 0. The molecule has 99 valence electrons. The molecule has 17 heavy (non-hydrogen) atoms. The molecule has 0 aromatic heterocycles. The fourth-order valence-electron chi connectivity index (χ4n) is 1.97. The number of aliphatic hydroxyl groups is 2. The summed E-state index contributed by atoms with van der Waals surface area (Å²) >= 11 is 0. The molecule has 1 radical (unpaired) electrons. The van der Waals surface area contributed by atoms with Gasteiger partial charge in [0.1, 0.15) is 0 Å². The quantitative estimate of drug-likeness (QED) is 0.662. The summed E-state index contributed by atoms with van der Waals surface area (Å²) in [7, 11) is 0. The Balaban J connectivity index is 0.000000284. The average Bonchev–Trinajstić information content (AvgIpc) is 2.88. The van der Waals surface area contributed by atoms with Gasteiger partial charge in [-0.2, -0.15) is 0 Å². The standard InChI is InChI=1S/2C6H12O2.Ac/c2*1-2-5-3-4-6(7)8-5;/h2*5-7H,2-4H2,1H3;. The molecular weight excluding hydrogens is 435 g/mol. The zero-order valence-corrected chi connectivity index (χ0v) is 15.6. The van der Waals surface area contributed by atoms with Crippen LogP contribution in [-0.4, -0.2) is 35.0 Å². The molecular formula is C12H24AcO4. The molecule has 2 heterocycles. The van der Waals surface area contributed by atoms with Crippen LogP contribution in [0.1, 0.15) is 52.4 Å². The van der Waals surface area contributed by atoms with Crippen molar-refractivity contribution in [2.75, 3.05) is 0 Å². The van der Waals surface area contributed by atoms with Gasteiger partial charge in [0.05, 0.1) is 12.2 Å². The minimum Gasteiger partial charge on any atom is -0.368 e. The molecule has 4 unspecified atom stereocenters. The van der Waals surface area contributed by atoms with Gasteiger partial charge in [0.15, 0.2) is 12.6 Å². The Morgan fingerprint density at radius 1 is 0.824 bits per heavy atom. The van der Waals surface area contributed by atoms with E-state index in [1.807, 2.05) is 0 Å². The van der Waals surface area contributed by atoms with Gasteiger partial charge in [-0.25, -0.2) is 0 Å². The van der Waals surface area contributed by atoms with Crippen molar-refractivity contribution < 1.29 is 63.7 Å². The molecule has 2 aliphatic rings. The van der Waals surface area contributed by atoms with Crippen LogP contribution in [0.15, 0.2) is 0 Å². The number of hydrogen-bond donors (Lipinski definition) is 2. The maximum absolute atomic E-state index is 8.81. The fourth-order valence-corrected chi connectivity index (χ4v) is 1.97. The van der Waals surface area contributed by atoms with Crippen molar-refractivity contribution in [1.82, 2.24) is 0 Å². The molecule has 2 saturated heterocycles. The fraction of sp³-hybridized carbons (Fsp3) is 1.00. The molecule has 0 bridgehead atoms. The normalized spacial score (nSPS) is 36.0. The van der Waals surface area contributed by atoms with Crippen LogP contribution in [0.2, 0.25) is 0 Å². The first-order valence-electron chi connectivity index (χ1n) is 6.32. The van der Waals surface area contributed by atoms with E-state index in [1.54, 1.807) is 0 Å². The molecule has 2 N–H and O–H groups in total. The largest absolute Gasteiger partial charge is 0.368 e. The third-order valence-corrected chi connectivity index (χ3v) is 3.08.